The van der Waals surface area contributed by atoms with Gasteiger partial charge < -0.3 is 20.2 Å². The Morgan fingerprint density at radius 2 is 2.11 bits per heavy atom. The van der Waals surface area contributed by atoms with Gasteiger partial charge in [-0.05, 0) is 30.7 Å². The van der Waals surface area contributed by atoms with Crippen molar-refractivity contribution in [2.75, 3.05) is 12.9 Å². The van der Waals surface area contributed by atoms with E-state index in [0.29, 0.717) is 29.6 Å². The predicted octanol–water partition coefficient (Wildman–Crippen LogP) is 3.32. The SMILES string of the molecule is CCCOc1c(F)c(Oc2ccc(S(C)(=O)=O)nc2)cc2cc(C(N)=S)[nH]c12. The van der Waals surface area contributed by atoms with E-state index in [2.05, 4.69) is 9.97 Å². The fraction of sp³-hybridized carbons (Fsp3) is 0.222. The van der Waals surface area contributed by atoms with E-state index < -0.39 is 15.7 Å². The number of hydrogen-bond acceptors (Lipinski definition) is 6. The minimum atomic E-state index is -3.44. The third-order valence-electron chi connectivity index (χ3n) is 3.81. The van der Waals surface area contributed by atoms with Crippen LogP contribution in [0.15, 0.2) is 35.5 Å². The van der Waals surface area contributed by atoms with Crippen molar-refractivity contribution in [3.8, 4) is 17.2 Å². The van der Waals surface area contributed by atoms with Crippen LogP contribution in [0.25, 0.3) is 10.9 Å². The largest absolute Gasteiger partial charge is 0.488 e. The summed E-state index contributed by atoms with van der Waals surface area (Å²) in [5.74, 6) is -0.625. The summed E-state index contributed by atoms with van der Waals surface area (Å²) in [6.45, 7) is 2.21. The standard InChI is InChI=1S/C18H18FN3O4S2/c1-3-6-25-17-15(19)13(8-10-7-12(18(20)27)22-16(10)17)26-11-4-5-14(21-9-11)28(2,23)24/h4-5,7-9,22H,3,6H2,1-2H3,(H2,20,27). The number of aromatic nitrogens is 2. The van der Waals surface area contributed by atoms with Gasteiger partial charge in [-0.1, -0.05) is 19.1 Å². The first-order chi connectivity index (χ1) is 13.2. The Morgan fingerprint density at radius 3 is 2.68 bits per heavy atom. The van der Waals surface area contributed by atoms with Crippen molar-refractivity contribution in [2.45, 2.75) is 18.4 Å². The van der Waals surface area contributed by atoms with Gasteiger partial charge in [-0.3, -0.25) is 0 Å². The van der Waals surface area contributed by atoms with Crippen molar-refractivity contribution >= 4 is 37.9 Å². The van der Waals surface area contributed by atoms with Crippen LogP contribution < -0.4 is 15.2 Å². The second kappa shape index (κ2) is 7.72. The molecule has 0 radical (unpaired) electrons. The van der Waals surface area contributed by atoms with Crippen molar-refractivity contribution in [1.82, 2.24) is 9.97 Å². The number of ether oxygens (including phenoxy) is 2. The zero-order valence-electron chi connectivity index (χ0n) is 15.2. The Kier molecular flexibility index (Phi) is 5.52. The molecule has 0 spiro atoms. The van der Waals surface area contributed by atoms with Crippen LogP contribution in [-0.2, 0) is 9.84 Å². The van der Waals surface area contributed by atoms with Crippen molar-refractivity contribution in [2.24, 2.45) is 5.73 Å². The number of benzene rings is 1. The van der Waals surface area contributed by atoms with E-state index >= 15 is 4.39 Å². The summed E-state index contributed by atoms with van der Waals surface area (Å²) in [6, 6.07) is 5.84. The van der Waals surface area contributed by atoms with E-state index in [9.17, 15) is 8.42 Å². The van der Waals surface area contributed by atoms with Gasteiger partial charge in [0.15, 0.2) is 26.4 Å². The van der Waals surface area contributed by atoms with E-state index in [4.69, 9.17) is 27.4 Å². The lowest BCUT2D eigenvalue weighted by molar-refractivity contribution is 0.299. The maximum atomic E-state index is 15.0. The van der Waals surface area contributed by atoms with Crippen LogP contribution in [0.4, 0.5) is 4.39 Å². The zero-order chi connectivity index (χ0) is 20.5. The second-order valence-corrected chi connectivity index (χ2v) is 8.49. The van der Waals surface area contributed by atoms with E-state index in [-0.39, 0.29) is 27.3 Å². The first-order valence-corrected chi connectivity index (χ1v) is 10.6. The molecule has 3 aromatic rings. The molecule has 0 bridgehead atoms. The van der Waals surface area contributed by atoms with Crippen LogP contribution in [-0.4, -0.2) is 36.2 Å². The number of nitrogens with two attached hydrogens (primary N) is 1. The van der Waals surface area contributed by atoms with Crippen molar-refractivity contribution in [1.29, 1.82) is 0 Å². The number of nitrogens with one attached hydrogen (secondary N) is 1. The molecule has 0 aliphatic carbocycles. The second-order valence-electron chi connectivity index (χ2n) is 6.08. The first-order valence-electron chi connectivity index (χ1n) is 8.32. The number of pyridine rings is 1. The molecule has 0 saturated heterocycles. The molecule has 0 unspecified atom stereocenters. The van der Waals surface area contributed by atoms with Crippen LogP contribution in [0.5, 0.6) is 17.2 Å². The molecule has 7 nitrogen and oxygen atoms in total. The van der Waals surface area contributed by atoms with Crippen LogP contribution in [0.3, 0.4) is 0 Å². The topological polar surface area (TPSA) is 107 Å². The molecule has 2 aromatic heterocycles. The molecular weight excluding hydrogens is 405 g/mol. The fourth-order valence-corrected chi connectivity index (χ4v) is 3.19. The van der Waals surface area contributed by atoms with E-state index in [1.807, 2.05) is 6.92 Å². The van der Waals surface area contributed by atoms with Gasteiger partial charge in [0.05, 0.1) is 24.0 Å². The average molecular weight is 423 g/mol. The molecule has 1 aromatic carbocycles. The molecule has 0 aliphatic heterocycles. The minimum absolute atomic E-state index is 0.00225. The number of nitrogens with zero attached hydrogens (tertiary/aromatic N) is 1. The number of rotatable bonds is 7. The Labute approximate surface area is 166 Å². The number of hydrogen-bond donors (Lipinski definition) is 2. The molecule has 0 aliphatic rings. The molecule has 10 heteroatoms. The fourth-order valence-electron chi connectivity index (χ4n) is 2.52. The molecule has 3 rings (SSSR count). The highest BCUT2D eigenvalue weighted by molar-refractivity contribution is 7.90. The zero-order valence-corrected chi connectivity index (χ0v) is 16.8. The van der Waals surface area contributed by atoms with Crippen LogP contribution in [0.2, 0.25) is 0 Å². The quantitative estimate of drug-likeness (QED) is 0.561. The van der Waals surface area contributed by atoms with Gasteiger partial charge in [0, 0.05) is 11.6 Å². The summed E-state index contributed by atoms with van der Waals surface area (Å²) >= 11 is 4.97. The number of sulfone groups is 1. The third-order valence-corrected chi connectivity index (χ3v) is 5.03. The molecule has 148 valence electrons. The molecule has 3 N–H and O–H groups in total. The van der Waals surface area contributed by atoms with Crippen LogP contribution >= 0.6 is 12.2 Å². The highest BCUT2D eigenvalue weighted by Crippen LogP contribution is 2.37. The lowest BCUT2D eigenvalue weighted by Gasteiger charge is -2.12. The van der Waals surface area contributed by atoms with Gasteiger partial charge in [0.1, 0.15) is 10.7 Å². The summed E-state index contributed by atoms with van der Waals surface area (Å²) in [7, 11) is -3.44. The molecule has 0 amide bonds. The van der Waals surface area contributed by atoms with Crippen molar-refractivity contribution < 1.29 is 22.3 Å². The molecular formula is C18H18FN3O4S2. The van der Waals surface area contributed by atoms with E-state index in [1.165, 1.54) is 24.4 Å². The number of thiocarbonyl (C=S) groups is 1. The molecule has 2 heterocycles. The van der Waals surface area contributed by atoms with Gasteiger partial charge in [0.25, 0.3) is 0 Å². The maximum Gasteiger partial charge on any atom is 0.209 e. The highest BCUT2D eigenvalue weighted by atomic mass is 32.2. The third kappa shape index (κ3) is 4.07. The summed E-state index contributed by atoms with van der Waals surface area (Å²) in [6.07, 6.45) is 2.95. The van der Waals surface area contributed by atoms with Crippen molar-refractivity contribution in [3.05, 3.63) is 42.0 Å². The summed E-state index contributed by atoms with van der Waals surface area (Å²) in [5, 5.41) is 0.500. The van der Waals surface area contributed by atoms with E-state index in [1.54, 1.807) is 6.07 Å². The van der Waals surface area contributed by atoms with Crippen LogP contribution in [0.1, 0.15) is 19.0 Å². The minimum Gasteiger partial charge on any atom is -0.488 e. The Hall–Kier alpha value is -2.72. The normalized spacial score (nSPS) is 11.5. The van der Waals surface area contributed by atoms with Gasteiger partial charge in [-0.2, -0.15) is 4.39 Å². The Morgan fingerprint density at radius 1 is 1.36 bits per heavy atom. The van der Waals surface area contributed by atoms with Crippen LogP contribution in [0, 0.1) is 5.82 Å². The monoisotopic (exact) mass is 423 g/mol. The molecule has 0 fully saturated rings. The first kappa shape index (κ1) is 20.0. The van der Waals surface area contributed by atoms with Gasteiger partial charge in [0.2, 0.25) is 5.82 Å². The summed E-state index contributed by atoms with van der Waals surface area (Å²) in [5.41, 5.74) is 6.55. The molecule has 0 saturated carbocycles. The number of halogens is 1. The van der Waals surface area contributed by atoms with Crippen molar-refractivity contribution in [3.63, 3.8) is 0 Å². The van der Waals surface area contributed by atoms with Gasteiger partial charge >= 0.3 is 0 Å². The number of aromatic amines is 1. The Bertz CT molecular complexity index is 1140. The Balaban J connectivity index is 2.04. The summed E-state index contributed by atoms with van der Waals surface area (Å²) in [4.78, 5) is 6.93. The summed E-state index contributed by atoms with van der Waals surface area (Å²) < 4.78 is 49.2. The smallest absolute Gasteiger partial charge is 0.209 e. The van der Waals surface area contributed by atoms with E-state index in [0.717, 1.165) is 6.26 Å². The highest BCUT2D eigenvalue weighted by Gasteiger charge is 2.20. The van der Waals surface area contributed by atoms with Gasteiger partial charge in [-0.15, -0.1) is 0 Å². The van der Waals surface area contributed by atoms with Gasteiger partial charge in [-0.25, -0.2) is 13.4 Å². The molecule has 0 atom stereocenters. The number of H-pyrrole nitrogens is 1. The maximum absolute atomic E-state index is 15.0. The molecule has 28 heavy (non-hydrogen) atoms. The lowest BCUT2D eigenvalue weighted by atomic mass is 10.2. The lowest BCUT2D eigenvalue weighted by Crippen LogP contribution is -2.09. The average Bonchev–Trinajstić information content (AvgIpc) is 3.05. The number of fused-ring (bicyclic) bond motifs is 1. The predicted molar refractivity (Wildman–Crippen MR) is 107 cm³/mol.